The molecule has 0 spiro atoms. The molecule has 0 atom stereocenters. The Balaban J connectivity index is 2.08. The average molecular weight is 129 g/mol. The summed E-state index contributed by atoms with van der Waals surface area (Å²) in [6.07, 6.45) is 4.04. The molecule has 0 saturated heterocycles. The van der Waals surface area contributed by atoms with Crippen molar-refractivity contribution in [1.82, 2.24) is 4.90 Å². The Labute approximate surface area is 56.5 Å². The predicted octanol–water partition coefficient (Wildman–Crippen LogP) is 0.463. The van der Waals surface area contributed by atoms with E-state index < -0.39 is 0 Å². The molecule has 0 aliphatic heterocycles. The summed E-state index contributed by atoms with van der Waals surface area (Å²) in [5.74, 6) is 0. The number of hydrogen-bond donors (Lipinski definition) is 1. The van der Waals surface area contributed by atoms with Gasteiger partial charge in [-0.3, -0.25) is 0 Å². The Kier molecular flexibility index (Phi) is 2.49. The van der Waals surface area contributed by atoms with Gasteiger partial charge in [-0.1, -0.05) is 6.42 Å². The van der Waals surface area contributed by atoms with E-state index in [1.54, 1.807) is 0 Å². The molecule has 0 radical (unpaired) electrons. The summed E-state index contributed by atoms with van der Waals surface area (Å²) in [7, 11) is 2.08. The molecule has 1 fully saturated rings. The molecular formula is C7H15NO. The molecule has 0 bridgehead atoms. The van der Waals surface area contributed by atoms with Gasteiger partial charge in [0.2, 0.25) is 0 Å². The highest BCUT2D eigenvalue weighted by Gasteiger charge is 2.20. The van der Waals surface area contributed by atoms with Gasteiger partial charge in [0.25, 0.3) is 0 Å². The van der Waals surface area contributed by atoms with Crippen molar-refractivity contribution >= 4 is 0 Å². The van der Waals surface area contributed by atoms with Crippen molar-refractivity contribution < 1.29 is 5.11 Å². The summed E-state index contributed by atoms with van der Waals surface area (Å²) in [5, 5.41) is 8.56. The van der Waals surface area contributed by atoms with Crippen LogP contribution >= 0.6 is 0 Å². The lowest BCUT2D eigenvalue weighted by molar-refractivity contribution is 0.129. The molecule has 0 unspecified atom stereocenters. The summed E-state index contributed by atoms with van der Waals surface area (Å²) in [6, 6.07) is 0.775. The van der Waals surface area contributed by atoms with Crippen LogP contribution in [0.3, 0.4) is 0 Å². The van der Waals surface area contributed by atoms with Crippen LogP contribution in [-0.2, 0) is 0 Å². The first-order valence-corrected chi connectivity index (χ1v) is 3.65. The molecular weight excluding hydrogens is 114 g/mol. The fourth-order valence-electron chi connectivity index (χ4n) is 1.17. The highest BCUT2D eigenvalue weighted by atomic mass is 16.3. The first-order valence-electron chi connectivity index (χ1n) is 3.65. The highest BCUT2D eigenvalue weighted by Crippen LogP contribution is 2.22. The fourth-order valence-corrected chi connectivity index (χ4v) is 1.17. The van der Waals surface area contributed by atoms with Crippen LogP contribution in [0.15, 0.2) is 0 Å². The Morgan fingerprint density at radius 2 is 2.22 bits per heavy atom. The van der Waals surface area contributed by atoms with Crippen LogP contribution in [0.1, 0.15) is 19.3 Å². The summed E-state index contributed by atoms with van der Waals surface area (Å²) < 4.78 is 0. The molecule has 54 valence electrons. The quantitative estimate of drug-likeness (QED) is 0.598. The lowest BCUT2D eigenvalue weighted by Crippen LogP contribution is -2.38. The maximum atomic E-state index is 8.56. The van der Waals surface area contributed by atoms with Gasteiger partial charge < -0.3 is 10.0 Å². The van der Waals surface area contributed by atoms with E-state index >= 15 is 0 Å². The molecule has 0 aromatic heterocycles. The lowest BCUT2D eigenvalue weighted by Gasteiger charge is -2.34. The van der Waals surface area contributed by atoms with Crippen molar-refractivity contribution in [2.24, 2.45) is 0 Å². The van der Waals surface area contributed by atoms with Gasteiger partial charge in [-0.05, 0) is 19.9 Å². The van der Waals surface area contributed by atoms with Crippen molar-refractivity contribution in [2.45, 2.75) is 25.3 Å². The van der Waals surface area contributed by atoms with E-state index in [1.807, 2.05) is 0 Å². The van der Waals surface area contributed by atoms with Gasteiger partial charge >= 0.3 is 0 Å². The smallest absolute Gasteiger partial charge is 0.0558 e. The third-order valence-corrected chi connectivity index (χ3v) is 2.15. The molecule has 1 rings (SSSR count). The van der Waals surface area contributed by atoms with Crippen molar-refractivity contribution in [2.75, 3.05) is 20.2 Å². The molecule has 1 aliphatic carbocycles. The second-order valence-electron chi connectivity index (χ2n) is 2.79. The monoisotopic (exact) mass is 129 g/mol. The number of aliphatic hydroxyl groups is 1. The largest absolute Gasteiger partial charge is 0.395 e. The topological polar surface area (TPSA) is 23.5 Å². The third-order valence-electron chi connectivity index (χ3n) is 2.15. The van der Waals surface area contributed by atoms with Crippen LogP contribution in [0, 0.1) is 0 Å². The standard InChI is InChI=1S/C7H15NO/c1-8(5-6-9)7-3-2-4-7/h7,9H,2-6H2,1H3. The molecule has 1 saturated carbocycles. The van der Waals surface area contributed by atoms with Gasteiger partial charge in [0.05, 0.1) is 6.61 Å². The summed E-state index contributed by atoms with van der Waals surface area (Å²) in [4.78, 5) is 2.24. The first kappa shape index (κ1) is 7.03. The second-order valence-corrected chi connectivity index (χ2v) is 2.79. The number of hydrogen-bond acceptors (Lipinski definition) is 2. The SMILES string of the molecule is CN(CCO)C1CCC1. The van der Waals surface area contributed by atoms with Gasteiger partial charge in [-0.15, -0.1) is 0 Å². The van der Waals surface area contributed by atoms with Crippen LogP contribution < -0.4 is 0 Å². The van der Waals surface area contributed by atoms with E-state index in [0.717, 1.165) is 12.6 Å². The van der Waals surface area contributed by atoms with Gasteiger partial charge in [-0.2, -0.15) is 0 Å². The zero-order chi connectivity index (χ0) is 6.69. The molecule has 9 heavy (non-hydrogen) atoms. The van der Waals surface area contributed by atoms with Crippen LogP contribution in [0.5, 0.6) is 0 Å². The van der Waals surface area contributed by atoms with Crippen LogP contribution in [0.4, 0.5) is 0 Å². The second kappa shape index (κ2) is 3.18. The fraction of sp³-hybridized carbons (Fsp3) is 1.00. The summed E-state index contributed by atoms with van der Waals surface area (Å²) >= 11 is 0. The zero-order valence-corrected chi connectivity index (χ0v) is 6.01. The number of aliphatic hydroxyl groups excluding tert-OH is 1. The van der Waals surface area contributed by atoms with Gasteiger partial charge in [0.15, 0.2) is 0 Å². The van der Waals surface area contributed by atoms with E-state index in [2.05, 4.69) is 11.9 Å². The van der Waals surface area contributed by atoms with Crippen LogP contribution in [-0.4, -0.2) is 36.2 Å². The van der Waals surface area contributed by atoms with Crippen molar-refractivity contribution in [3.63, 3.8) is 0 Å². The molecule has 1 aliphatic rings. The normalized spacial score (nSPS) is 20.3. The van der Waals surface area contributed by atoms with Crippen molar-refractivity contribution in [3.05, 3.63) is 0 Å². The maximum Gasteiger partial charge on any atom is 0.0558 e. The molecule has 1 N–H and O–H groups in total. The highest BCUT2D eigenvalue weighted by molar-refractivity contribution is 4.77. The minimum atomic E-state index is 0.299. The molecule has 0 amide bonds. The minimum Gasteiger partial charge on any atom is -0.395 e. The molecule has 0 heterocycles. The van der Waals surface area contributed by atoms with E-state index in [1.165, 1.54) is 19.3 Å². The lowest BCUT2D eigenvalue weighted by atomic mass is 9.92. The summed E-state index contributed by atoms with van der Waals surface area (Å²) in [6.45, 7) is 1.14. The van der Waals surface area contributed by atoms with Gasteiger partial charge in [0.1, 0.15) is 0 Å². The Morgan fingerprint density at radius 1 is 1.56 bits per heavy atom. The molecule has 0 aromatic rings. The number of nitrogens with zero attached hydrogens (tertiary/aromatic N) is 1. The Bertz CT molecular complexity index is 81.0. The van der Waals surface area contributed by atoms with Crippen LogP contribution in [0.2, 0.25) is 0 Å². The van der Waals surface area contributed by atoms with Gasteiger partial charge in [-0.25, -0.2) is 0 Å². The van der Waals surface area contributed by atoms with E-state index in [4.69, 9.17) is 5.11 Å². The van der Waals surface area contributed by atoms with Crippen LogP contribution in [0.25, 0.3) is 0 Å². The summed E-state index contributed by atoms with van der Waals surface area (Å²) in [5.41, 5.74) is 0. The Morgan fingerprint density at radius 3 is 2.56 bits per heavy atom. The van der Waals surface area contributed by atoms with Crippen molar-refractivity contribution in [3.8, 4) is 0 Å². The van der Waals surface area contributed by atoms with E-state index in [9.17, 15) is 0 Å². The maximum absolute atomic E-state index is 8.56. The zero-order valence-electron chi connectivity index (χ0n) is 6.01. The number of rotatable bonds is 3. The number of likely N-dealkylation sites (N-methyl/N-ethyl adjacent to an activating group) is 1. The molecule has 2 heteroatoms. The van der Waals surface area contributed by atoms with E-state index in [-0.39, 0.29) is 0 Å². The average Bonchev–Trinajstić information content (AvgIpc) is 1.60. The van der Waals surface area contributed by atoms with Gasteiger partial charge in [0, 0.05) is 12.6 Å². The van der Waals surface area contributed by atoms with E-state index in [0.29, 0.717) is 6.61 Å². The minimum absolute atomic E-state index is 0.299. The van der Waals surface area contributed by atoms with Crippen molar-refractivity contribution in [1.29, 1.82) is 0 Å². The molecule has 0 aromatic carbocycles. The first-order chi connectivity index (χ1) is 4.34. The molecule has 2 nitrogen and oxygen atoms in total. The predicted molar refractivity (Wildman–Crippen MR) is 37.4 cm³/mol. The third kappa shape index (κ3) is 1.66. The Hall–Kier alpha value is -0.0800.